The molecule has 100 valence electrons. The standard InChI is InChI=1S/C14H16FN3O/c1-9-6-14(17-8-16-9)18-10(2)11-4-5-12(15)13(7-11)19-3/h4-8,10H,1-3H3,(H,16,17,18)/t10-/m0/s1. The molecule has 1 heterocycles. The Bertz CT molecular complexity index is 574. The molecule has 2 aromatic rings. The molecule has 0 aliphatic carbocycles. The number of nitrogens with zero attached hydrogens (tertiary/aromatic N) is 2. The highest BCUT2D eigenvalue weighted by molar-refractivity contribution is 5.40. The average molecular weight is 261 g/mol. The molecule has 4 nitrogen and oxygen atoms in total. The first kappa shape index (κ1) is 13.3. The number of benzene rings is 1. The number of aromatic nitrogens is 2. The van der Waals surface area contributed by atoms with E-state index in [1.54, 1.807) is 12.1 Å². The summed E-state index contributed by atoms with van der Waals surface area (Å²) >= 11 is 0. The van der Waals surface area contributed by atoms with Crippen LogP contribution in [0.4, 0.5) is 10.2 Å². The summed E-state index contributed by atoms with van der Waals surface area (Å²) in [6.07, 6.45) is 1.51. The van der Waals surface area contributed by atoms with E-state index in [0.717, 1.165) is 17.1 Å². The Hall–Kier alpha value is -2.17. The summed E-state index contributed by atoms with van der Waals surface area (Å²) in [7, 11) is 1.45. The highest BCUT2D eigenvalue weighted by Gasteiger charge is 2.10. The van der Waals surface area contributed by atoms with Crippen molar-refractivity contribution in [2.45, 2.75) is 19.9 Å². The lowest BCUT2D eigenvalue weighted by molar-refractivity contribution is 0.385. The van der Waals surface area contributed by atoms with Gasteiger partial charge in [-0.2, -0.15) is 0 Å². The molecular weight excluding hydrogens is 245 g/mol. The summed E-state index contributed by atoms with van der Waals surface area (Å²) in [6, 6.07) is 6.66. The van der Waals surface area contributed by atoms with Crippen LogP contribution in [0.5, 0.6) is 5.75 Å². The van der Waals surface area contributed by atoms with E-state index >= 15 is 0 Å². The molecule has 0 aliphatic rings. The van der Waals surface area contributed by atoms with Crippen molar-refractivity contribution in [3.8, 4) is 5.75 Å². The third-order valence-electron chi connectivity index (χ3n) is 2.84. The second-order valence-electron chi connectivity index (χ2n) is 4.30. The van der Waals surface area contributed by atoms with Crippen LogP contribution in [-0.4, -0.2) is 17.1 Å². The summed E-state index contributed by atoms with van der Waals surface area (Å²) < 4.78 is 18.3. The number of methoxy groups -OCH3 is 1. The minimum absolute atomic E-state index is 0.0104. The van der Waals surface area contributed by atoms with Crippen molar-refractivity contribution in [2.75, 3.05) is 12.4 Å². The molecule has 0 radical (unpaired) electrons. The fourth-order valence-corrected chi connectivity index (χ4v) is 1.78. The molecule has 19 heavy (non-hydrogen) atoms. The molecule has 1 N–H and O–H groups in total. The predicted octanol–water partition coefficient (Wildman–Crippen LogP) is 3.11. The van der Waals surface area contributed by atoms with Crippen molar-refractivity contribution < 1.29 is 9.13 Å². The van der Waals surface area contributed by atoms with Gasteiger partial charge in [-0.1, -0.05) is 6.07 Å². The van der Waals surface area contributed by atoms with Gasteiger partial charge in [0.2, 0.25) is 0 Å². The number of hydrogen-bond donors (Lipinski definition) is 1. The quantitative estimate of drug-likeness (QED) is 0.918. The van der Waals surface area contributed by atoms with Crippen molar-refractivity contribution in [1.82, 2.24) is 9.97 Å². The molecule has 1 atom stereocenters. The number of anilines is 1. The molecule has 0 saturated carbocycles. The highest BCUT2D eigenvalue weighted by atomic mass is 19.1. The molecule has 0 saturated heterocycles. The second-order valence-corrected chi connectivity index (χ2v) is 4.30. The number of rotatable bonds is 4. The van der Waals surface area contributed by atoms with E-state index in [1.165, 1.54) is 19.5 Å². The van der Waals surface area contributed by atoms with Gasteiger partial charge in [0.05, 0.1) is 13.2 Å². The minimum atomic E-state index is -0.365. The highest BCUT2D eigenvalue weighted by Crippen LogP contribution is 2.24. The first-order chi connectivity index (χ1) is 9.10. The Kier molecular flexibility index (Phi) is 3.94. The lowest BCUT2D eigenvalue weighted by atomic mass is 10.1. The van der Waals surface area contributed by atoms with Crippen LogP contribution < -0.4 is 10.1 Å². The average Bonchev–Trinajstić information content (AvgIpc) is 2.39. The maximum atomic E-state index is 13.3. The predicted molar refractivity (Wildman–Crippen MR) is 71.8 cm³/mol. The van der Waals surface area contributed by atoms with Crippen molar-refractivity contribution >= 4 is 5.82 Å². The van der Waals surface area contributed by atoms with Gasteiger partial charge >= 0.3 is 0 Å². The number of aryl methyl sites for hydroxylation is 1. The SMILES string of the molecule is COc1cc([C@H](C)Nc2cc(C)ncn2)ccc1F. The molecule has 0 unspecified atom stereocenters. The van der Waals surface area contributed by atoms with Crippen molar-refractivity contribution in [2.24, 2.45) is 0 Å². The smallest absolute Gasteiger partial charge is 0.165 e. The van der Waals surface area contributed by atoms with Crippen LogP contribution in [0.3, 0.4) is 0 Å². The third-order valence-corrected chi connectivity index (χ3v) is 2.84. The van der Waals surface area contributed by atoms with Crippen molar-refractivity contribution in [3.63, 3.8) is 0 Å². The van der Waals surface area contributed by atoms with E-state index in [4.69, 9.17) is 4.74 Å². The number of nitrogens with one attached hydrogen (secondary N) is 1. The van der Waals surface area contributed by atoms with E-state index in [1.807, 2.05) is 19.9 Å². The topological polar surface area (TPSA) is 47.0 Å². The van der Waals surface area contributed by atoms with Gasteiger partial charge in [0.15, 0.2) is 11.6 Å². The maximum Gasteiger partial charge on any atom is 0.165 e. The maximum absolute atomic E-state index is 13.3. The number of halogens is 1. The zero-order valence-corrected chi connectivity index (χ0v) is 11.1. The summed E-state index contributed by atoms with van der Waals surface area (Å²) in [6.45, 7) is 3.88. The van der Waals surface area contributed by atoms with E-state index in [-0.39, 0.29) is 17.6 Å². The first-order valence-electron chi connectivity index (χ1n) is 5.99. The second kappa shape index (κ2) is 5.65. The van der Waals surface area contributed by atoms with Gasteiger partial charge in [-0.3, -0.25) is 0 Å². The Labute approximate surface area is 111 Å². The van der Waals surface area contributed by atoms with E-state index < -0.39 is 0 Å². The lowest BCUT2D eigenvalue weighted by Crippen LogP contribution is -2.08. The van der Waals surface area contributed by atoms with Gasteiger partial charge in [-0.15, -0.1) is 0 Å². The fourth-order valence-electron chi connectivity index (χ4n) is 1.78. The molecule has 1 aromatic carbocycles. The Balaban J connectivity index is 2.18. The summed E-state index contributed by atoms with van der Waals surface area (Å²) in [5.74, 6) is 0.615. The van der Waals surface area contributed by atoms with Gasteiger partial charge in [-0.25, -0.2) is 14.4 Å². The zero-order chi connectivity index (χ0) is 13.8. The Morgan fingerprint density at radius 1 is 1.26 bits per heavy atom. The minimum Gasteiger partial charge on any atom is -0.494 e. The van der Waals surface area contributed by atoms with Crippen LogP contribution in [0, 0.1) is 12.7 Å². The number of hydrogen-bond acceptors (Lipinski definition) is 4. The van der Waals surface area contributed by atoms with Gasteiger partial charge in [-0.05, 0) is 31.5 Å². The van der Waals surface area contributed by atoms with Crippen molar-refractivity contribution in [3.05, 3.63) is 47.7 Å². The van der Waals surface area contributed by atoms with Crippen LogP contribution >= 0.6 is 0 Å². The summed E-state index contributed by atoms with van der Waals surface area (Å²) in [4.78, 5) is 8.18. The normalized spacial score (nSPS) is 12.0. The van der Waals surface area contributed by atoms with Crippen LogP contribution in [0.2, 0.25) is 0 Å². The molecule has 1 aromatic heterocycles. The third kappa shape index (κ3) is 3.19. The monoisotopic (exact) mass is 261 g/mol. The van der Waals surface area contributed by atoms with Crippen LogP contribution in [0.15, 0.2) is 30.6 Å². The molecule has 5 heteroatoms. The zero-order valence-electron chi connectivity index (χ0n) is 11.1. The fraction of sp³-hybridized carbons (Fsp3) is 0.286. The van der Waals surface area contributed by atoms with Crippen LogP contribution in [0.1, 0.15) is 24.2 Å². The van der Waals surface area contributed by atoms with E-state index in [0.29, 0.717) is 0 Å². The summed E-state index contributed by atoms with van der Waals surface area (Å²) in [5.41, 5.74) is 1.82. The lowest BCUT2D eigenvalue weighted by Gasteiger charge is -2.16. The molecule has 0 spiro atoms. The van der Waals surface area contributed by atoms with Crippen LogP contribution in [0.25, 0.3) is 0 Å². The molecule has 0 fully saturated rings. The van der Waals surface area contributed by atoms with Gasteiger partial charge in [0.25, 0.3) is 0 Å². The van der Waals surface area contributed by atoms with Crippen molar-refractivity contribution in [1.29, 1.82) is 0 Å². The molecule has 0 amide bonds. The Morgan fingerprint density at radius 3 is 2.74 bits per heavy atom. The molecule has 0 aliphatic heterocycles. The number of ether oxygens (including phenoxy) is 1. The van der Waals surface area contributed by atoms with E-state index in [2.05, 4.69) is 15.3 Å². The van der Waals surface area contributed by atoms with Crippen LogP contribution in [-0.2, 0) is 0 Å². The van der Waals surface area contributed by atoms with E-state index in [9.17, 15) is 4.39 Å². The van der Waals surface area contributed by atoms with Gasteiger partial charge in [0.1, 0.15) is 12.1 Å². The Morgan fingerprint density at radius 2 is 2.05 bits per heavy atom. The summed E-state index contributed by atoms with van der Waals surface area (Å²) in [5, 5.41) is 3.24. The molecule has 2 rings (SSSR count). The molecule has 0 bridgehead atoms. The van der Waals surface area contributed by atoms with Gasteiger partial charge < -0.3 is 10.1 Å². The largest absolute Gasteiger partial charge is 0.494 e. The first-order valence-corrected chi connectivity index (χ1v) is 5.99. The van der Waals surface area contributed by atoms with Gasteiger partial charge in [0, 0.05) is 11.8 Å². The molecular formula is C14H16FN3O.